The van der Waals surface area contributed by atoms with Crippen LogP contribution in [0.15, 0.2) is 36.7 Å². The first kappa shape index (κ1) is 25.8. The van der Waals surface area contributed by atoms with Crippen molar-refractivity contribution >= 4 is 28.8 Å². The highest BCUT2D eigenvalue weighted by Gasteiger charge is 2.22. The van der Waals surface area contributed by atoms with Crippen LogP contribution in [0.25, 0.3) is 11.0 Å². The number of carbonyl (C=O) groups excluding carboxylic acids is 1. The van der Waals surface area contributed by atoms with Crippen LogP contribution < -0.4 is 5.32 Å². The maximum absolute atomic E-state index is 12.7. The van der Waals surface area contributed by atoms with E-state index in [0.717, 1.165) is 54.8 Å². The Hall–Kier alpha value is -3.24. The number of ether oxygens (including phenoxy) is 3. The third-order valence-electron chi connectivity index (χ3n) is 5.88. The molecule has 1 fully saturated rings. The van der Waals surface area contributed by atoms with Crippen molar-refractivity contribution in [2.45, 2.75) is 58.2 Å². The van der Waals surface area contributed by atoms with E-state index < -0.39 is 5.60 Å². The summed E-state index contributed by atoms with van der Waals surface area (Å²) in [7, 11) is 1.66. The van der Waals surface area contributed by atoms with Crippen molar-refractivity contribution in [1.82, 2.24) is 24.6 Å². The Balaban J connectivity index is 1.43. The molecule has 0 bridgehead atoms. The van der Waals surface area contributed by atoms with Crippen LogP contribution in [0, 0.1) is 0 Å². The number of rotatable bonds is 9. The van der Waals surface area contributed by atoms with Gasteiger partial charge in [-0.25, -0.2) is 14.5 Å². The minimum absolute atomic E-state index is 0.287. The number of nitrogens with zero attached hydrogens (tertiary/aromatic N) is 5. The standard InChI is InChI=1S/C26H36N6O4/c1-26(2,3)36-25(33)31(12-5-13-34-4)18-19-6-8-21(9-7-19)29-24-27-16-20-17-28-32(23(20)30-24)22-10-14-35-15-11-22/h6-9,16-17,22H,5,10-15,18H2,1-4H3,(H,27,29,30). The molecule has 0 saturated carbocycles. The zero-order valence-electron chi connectivity index (χ0n) is 21.6. The highest BCUT2D eigenvalue weighted by molar-refractivity contribution is 5.75. The van der Waals surface area contributed by atoms with Crippen LogP contribution in [-0.2, 0) is 20.8 Å². The number of benzene rings is 1. The van der Waals surface area contributed by atoms with Crippen LogP contribution in [0.4, 0.5) is 16.4 Å². The van der Waals surface area contributed by atoms with Gasteiger partial charge in [-0.3, -0.25) is 0 Å². The summed E-state index contributed by atoms with van der Waals surface area (Å²) < 4.78 is 18.2. The molecule has 0 atom stereocenters. The second kappa shape index (κ2) is 11.7. The lowest BCUT2D eigenvalue weighted by Crippen LogP contribution is -2.37. The lowest BCUT2D eigenvalue weighted by atomic mass is 10.1. The second-order valence-corrected chi connectivity index (χ2v) is 9.98. The van der Waals surface area contributed by atoms with Crippen LogP contribution in [0.2, 0.25) is 0 Å². The Morgan fingerprint density at radius 3 is 2.64 bits per heavy atom. The molecular weight excluding hydrogens is 460 g/mol. The molecule has 1 aliphatic rings. The van der Waals surface area contributed by atoms with Gasteiger partial charge in [-0.15, -0.1) is 0 Å². The summed E-state index contributed by atoms with van der Waals surface area (Å²) in [4.78, 5) is 23.6. The molecule has 0 unspecified atom stereocenters. The van der Waals surface area contributed by atoms with Gasteiger partial charge in [-0.2, -0.15) is 10.1 Å². The molecule has 1 N–H and O–H groups in total. The summed E-state index contributed by atoms with van der Waals surface area (Å²) in [6, 6.07) is 8.18. The number of hydrogen-bond donors (Lipinski definition) is 1. The number of methoxy groups -OCH3 is 1. The first-order valence-corrected chi connectivity index (χ1v) is 12.4. The number of fused-ring (bicyclic) bond motifs is 1. The Labute approximate surface area is 211 Å². The van der Waals surface area contributed by atoms with E-state index in [9.17, 15) is 4.79 Å². The van der Waals surface area contributed by atoms with Crippen LogP contribution in [0.3, 0.4) is 0 Å². The zero-order valence-corrected chi connectivity index (χ0v) is 21.6. The summed E-state index contributed by atoms with van der Waals surface area (Å²) in [6.45, 7) is 8.68. The van der Waals surface area contributed by atoms with E-state index in [1.165, 1.54) is 0 Å². The van der Waals surface area contributed by atoms with Crippen molar-refractivity contribution in [3.8, 4) is 0 Å². The van der Waals surface area contributed by atoms with Gasteiger partial charge in [-0.05, 0) is 57.7 Å². The SMILES string of the molecule is COCCCN(Cc1ccc(Nc2ncc3cnn(C4CCOCC4)c3n2)cc1)C(=O)OC(C)(C)C. The molecular formula is C26H36N6O4. The minimum atomic E-state index is -0.550. The van der Waals surface area contributed by atoms with E-state index in [1.54, 1.807) is 18.2 Å². The average molecular weight is 497 g/mol. The van der Waals surface area contributed by atoms with Crippen molar-refractivity contribution in [2.24, 2.45) is 0 Å². The van der Waals surface area contributed by atoms with Crippen LogP contribution >= 0.6 is 0 Å². The number of nitrogens with one attached hydrogen (secondary N) is 1. The number of anilines is 2. The van der Waals surface area contributed by atoms with E-state index in [0.29, 0.717) is 25.6 Å². The predicted octanol–water partition coefficient (Wildman–Crippen LogP) is 4.70. The van der Waals surface area contributed by atoms with Gasteiger partial charge in [0, 0.05) is 51.9 Å². The van der Waals surface area contributed by atoms with E-state index in [1.807, 2.05) is 55.9 Å². The molecule has 1 aliphatic heterocycles. The molecule has 1 amide bonds. The molecule has 0 aliphatic carbocycles. The summed E-state index contributed by atoms with van der Waals surface area (Å²) in [5.74, 6) is 0.513. The molecule has 2 aromatic heterocycles. The van der Waals surface area contributed by atoms with Crippen LogP contribution in [0.5, 0.6) is 0 Å². The van der Waals surface area contributed by atoms with Crippen molar-refractivity contribution in [1.29, 1.82) is 0 Å². The third-order valence-corrected chi connectivity index (χ3v) is 5.88. The highest BCUT2D eigenvalue weighted by atomic mass is 16.6. The normalized spacial score (nSPS) is 14.7. The molecule has 36 heavy (non-hydrogen) atoms. The smallest absolute Gasteiger partial charge is 0.410 e. The van der Waals surface area contributed by atoms with E-state index >= 15 is 0 Å². The first-order valence-electron chi connectivity index (χ1n) is 12.4. The second-order valence-electron chi connectivity index (χ2n) is 9.98. The Morgan fingerprint density at radius 2 is 1.94 bits per heavy atom. The summed E-state index contributed by atoms with van der Waals surface area (Å²) in [5, 5.41) is 8.75. The average Bonchev–Trinajstić information content (AvgIpc) is 3.27. The van der Waals surface area contributed by atoms with Crippen LogP contribution in [0.1, 0.15) is 51.6 Å². The van der Waals surface area contributed by atoms with Gasteiger partial charge in [0.1, 0.15) is 5.60 Å². The summed E-state index contributed by atoms with van der Waals surface area (Å²) >= 11 is 0. The highest BCUT2D eigenvalue weighted by Crippen LogP contribution is 2.25. The molecule has 1 saturated heterocycles. The number of aromatic nitrogens is 4. The van der Waals surface area contributed by atoms with Gasteiger partial charge in [-0.1, -0.05) is 12.1 Å². The van der Waals surface area contributed by atoms with Gasteiger partial charge in [0.05, 0.1) is 17.6 Å². The van der Waals surface area contributed by atoms with Crippen molar-refractivity contribution in [3.05, 3.63) is 42.2 Å². The van der Waals surface area contributed by atoms with Crippen molar-refractivity contribution < 1.29 is 19.0 Å². The zero-order chi connectivity index (χ0) is 25.5. The van der Waals surface area contributed by atoms with Crippen LogP contribution in [-0.4, -0.2) is 69.8 Å². The van der Waals surface area contributed by atoms with Gasteiger partial charge in [0.2, 0.25) is 5.95 Å². The Morgan fingerprint density at radius 1 is 1.19 bits per heavy atom. The quantitative estimate of drug-likeness (QED) is 0.426. The van der Waals surface area contributed by atoms with Crippen molar-refractivity contribution in [3.63, 3.8) is 0 Å². The number of amides is 1. The van der Waals surface area contributed by atoms with Gasteiger partial charge >= 0.3 is 6.09 Å². The van der Waals surface area contributed by atoms with E-state index in [-0.39, 0.29) is 12.1 Å². The molecule has 10 heteroatoms. The fourth-order valence-electron chi connectivity index (χ4n) is 4.10. The number of hydrogen-bond acceptors (Lipinski definition) is 8. The fraction of sp³-hybridized carbons (Fsp3) is 0.538. The molecule has 3 aromatic rings. The topological polar surface area (TPSA) is 104 Å². The first-order chi connectivity index (χ1) is 17.3. The predicted molar refractivity (Wildman–Crippen MR) is 137 cm³/mol. The monoisotopic (exact) mass is 496 g/mol. The largest absolute Gasteiger partial charge is 0.444 e. The maximum atomic E-state index is 12.7. The minimum Gasteiger partial charge on any atom is -0.444 e. The molecule has 194 valence electrons. The number of carbonyl (C=O) groups is 1. The van der Waals surface area contributed by atoms with E-state index in [4.69, 9.17) is 19.2 Å². The van der Waals surface area contributed by atoms with Gasteiger partial charge < -0.3 is 24.4 Å². The third kappa shape index (κ3) is 6.92. The lowest BCUT2D eigenvalue weighted by molar-refractivity contribution is 0.0218. The molecule has 4 rings (SSSR count). The maximum Gasteiger partial charge on any atom is 0.410 e. The molecule has 0 spiro atoms. The van der Waals surface area contributed by atoms with Crippen molar-refractivity contribution in [2.75, 3.05) is 38.8 Å². The molecule has 3 heterocycles. The van der Waals surface area contributed by atoms with E-state index in [2.05, 4.69) is 15.4 Å². The Bertz CT molecular complexity index is 1140. The molecule has 10 nitrogen and oxygen atoms in total. The summed E-state index contributed by atoms with van der Waals surface area (Å²) in [6.07, 6.45) is 5.86. The molecule has 0 radical (unpaired) electrons. The van der Waals surface area contributed by atoms with Gasteiger partial charge in [0.15, 0.2) is 5.65 Å². The Kier molecular flexibility index (Phi) is 8.37. The van der Waals surface area contributed by atoms with Gasteiger partial charge in [0.25, 0.3) is 0 Å². The lowest BCUT2D eigenvalue weighted by Gasteiger charge is -2.27. The molecule has 1 aromatic carbocycles. The summed E-state index contributed by atoms with van der Waals surface area (Å²) in [5.41, 5.74) is 2.13. The fourth-order valence-corrected chi connectivity index (χ4v) is 4.10.